The van der Waals surface area contributed by atoms with Crippen molar-refractivity contribution in [1.82, 2.24) is 0 Å². The Morgan fingerprint density at radius 3 is 2.32 bits per heavy atom. The number of benzene rings is 1. The maximum atomic E-state index is 12.8. The summed E-state index contributed by atoms with van der Waals surface area (Å²) in [5, 5.41) is 2.27. The Morgan fingerprint density at radius 1 is 1.27 bits per heavy atom. The van der Waals surface area contributed by atoms with Crippen LogP contribution in [0.3, 0.4) is 0 Å². The number of hydrogen-bond acceptors (Lipinski definition) is 4. The lowest BCUT2D eigenvalue weighted by Gasteiger charge is -2.23. The van der Waals surface area contributed by atoms with Gasteiger partial charge in [0.2, 0.25) is 0 Å². The molecule has 0 radical (unpaired) electrons. The molecule has 0 heterocycles. The molecule has 124 valence electrons. The maximum Gasteiger partial charge on any atom is 0.412 e. The van der Waals surface area contributed by atoms with E-state index in [0.717, 1.165) is 6.07 Å². The minimum atomic E-state index is -4.64. The molecule has 1 atom stereocenters. The third kappa shape index (κ3) is 5.10. The smallest absolute Gasteiger partial charge is 0.412 e. The molecule has 1 aromatic rings. The van der Waals surface area contributed by atoms with E-state index in [1.54, 1.807) is 20.8 Å². The van der Waals surface area contributed by atoms with E-state index in [1.807, 2.05) is 0 Å². The molecule has 0 spiro atoms. The van der Waals surface area contributed by atoms with Gasteiger partial charge in [0.15, 0.2) is 0 Å². The lowest BCUT2D eigenvalue weighted by molar-refractivity contribution is -0.149. The predicted octanol–water partition coefficient (Wildman–Crippen LogP) is 3.60. The Bertz CT molecular complexity index is 539. The fourth-order valence-corrected chi connectivity index (χ4v) is 1.63. The second-order valence-corrected chi connectivity index (χ2v) is 5.60. The van der Waals surface area contributed by atoms with Crippen molar-refractivity contribution in [2.45, 2.75) is 38.6 Å². The van der Waals surface area contributed by atoms with Gasteiger partial charge in [0.25, 0.3) is 0 Å². The van der Waals surface area contributed by atoms with Crippen LogP contribution in [0, 0.1) is 0 Å². The van der Waals surface area contributed by atoms with Gasteiger partial charge in [0.05, 0.1) is 12.8 Å². The number of nitrogens with two attached hydrogens (primary N) is 1. The zero-order valence-corrected chi connectivity index (χ0v) is 12.7. The first kappa shape index (κ1) is 18.1. The van der Waals surface area contributed by atoms with Crippen LogP contribution in [-0.4, -0.2) is 25.0 Å². The molecule has 3 N–H and O–H groups in total. The van der Waals surface area contributed by atoms with Crippen LogP contribution in [0.15, 0.2) is 18.2 Å². The summed E-state index contributed by atoms with van der Waals surface area (Å²) in [6, 6.07) is 1.51. The number of hydrogen-bond donors (Lipinski definition) is 2. The first-order chi connectivity index (χ1) is 9.94. The summed E-state index contributed by atoms with van der Waals surface area (Å²) in [7, 11) is 1.36. The molecule has 0 aliphatic rings. The van der Waals surface area contributed by atoms with Gasteiger partial charge in [0.1, 0.15) is 17.4 Å². The highest BCUT2D eigenvalue weighted by Crippen LogP contribution is 2.36. The maximum absolute atomic E-state index is 12.8. The van der Waals surface area contributed by atoms with Gasteiger partial charge in [-0.1, -0.05) is 6.07 Å². The van der Waals surface area contributed by atoms with Crippen LogP contribution < -0.4 is 15.8 Å². The Morgan fingerprint density at radius 2 is 1.86 bits per heavy atom. The van der Waals surface area contributed by atoms with E-state index in [4.69, 9.17) is 15.2 Å². The zero-order valence-electron chi connectivity index (χ0n) is 12.7. The van der Waals surface area contributed by atoms with Crippen molar-refractivity contribution in [3.63, 3.8) is 0 Å². The van der Waals surface area contributed by atoms with Gasteiger partial charge >= 0.3 is 12.3 Å². The predicted molar refractivity (Wildman–Crippen MR) is 75.8 cm³/mol. The largest absolute Gasteiger partial charge is 0.497 e. The number of amides is 1. The van der Waals surface area contributed by atoms with E-state index in [2.05, 4.69) is 5.32 Å². The Labute approximate surface area is 126 Å². The minimum Gasteiger partial charge on any atom is -0.497 e. The van der Waals surface area contributed by atoms with E-state index >= 15 is 0 Å². The second kappa shape index (κ2) is 6.43. The molecule has 0 aromatic heterocycles. The number of carbonyl (C=O) groups excluding carboxylic acids is 1. The molecule has 0 saturated carbocycles. The van der Waals surface area contributed by atoms with Gasteiger partial charge in [-0.3, -0.25) is 5.32 Å². The molecule has 1 unspecified atom stereocenters. The molecule has 8 heteroatoms. The third-order valence-corrected chi connectivity index (χ3v) is 2.58. The van der Waals surface area contributed by atoms with Crippen molar-refractivity contribution < 1.29 is 27.4 Å². The molecular weight excluding hydrogens is 301 g/mol. The van der Waals surface area contributed by atoms with Crippen molar-refractivity contribution in [2.24, 2.45) is 5.73 Å². The fraction of sp³-hybridized carbons (Fsp3) is 0.500. The summed E-state index contributed by atoms with van der Waals surface area (Å²) >= 11 is 0. The summed E-state index contributed by atoms with van der Waals surface area (Å²) in [6.45, 7) is 4.92. The van der Waals surface area contributed by atoms with Crippen molar-refractivity contribution in [2.75, 3.05) is 12.4 Å². The summed E-state index contributed by atoms with van der Waals surface area (Å²) in [5.74, 6) is 0.282. The van der Waals surface area contributed by atoms with E-state index in [-0.39, 0.29) is 17.0 Å². The molecule has 0 bridgehead atoms. The molecular formula is C14H19F3N2O3. The number of nitrogens with one attached hydrogen (secondary N) is 1. The SMILES string of the molecule is COc1ccc(C(N)C(F)(F)F)c(NC(=O)OC(C)(C)C)c1. The molecule has 0 saturated heterocycles. The van der Waals surface area contributed by atoms with Gasteiger partial charge in [0, 0.05) is 11.6 Å². The lowest BCUT2D eigenvalue weighted by atomic mass is 10.0. The number of rotatable bonds is 3. The number of ether oxygens (including phenoxy) is 2. The van der Waals surface area contributed by atoms with Gasteiger partial charge in [-0.25, -0.2) is 4.79 Å². The topological polar surface area (TPSA) is 73.6 Å². The average molecular weight is 320 g/mol. The van der Waals surface area contributed by atoms with Crippen LogP contribution in [0.2, 0.25) is 0 Å². The number of carbonyl (C=O) groups is 1. The molecule has 5 nitrogen and oxygen atoms in total. The highest BCUT2D eigenvalue weighted by Gasteiger charge is 2.39. The number of anilines is 1. The fourth-order valence-electron chi connectivity index (χ4n) is 1.63. The molecule has 0 fully saturated rings. The second-order valence-electron chi connectivity index (χ2n) is 5.60. The molecule has 0 aliphatic heterocycles. The van der Waals surface area contributed by atoms with Gasteiger partial charge in [-0.15, -0.1) is 0 Å². The summed E-state index contributed by atoms with van der Waals surface area (Å²) in [4.78, 5) is 11.8. The Kier molecular flexibility index (Phi) is 5.29. The number of alkyl halides is 3. The lowest BCUT2D eigenvalue weighted by Crippen LogP contribution is -2.31. The van der Waals surface area contributed by atoms with E-state index in [9.17, 15) is 18.0 Å². The normalized spacial score (nSPS) is 13.5. The van der Waals surface area contributed by atoms with Crippen LogP contribution >= 0.6 is 0 Å². The summed E-state index contributed by atoms with van der Waals surface area (Å²) in [6.07, 6.45) is -5.52. The molecule has 1 amide bonds. The van der Waals surface area contributed by atoms with Crippen LogP contribution in [0.25, 0.3) is 0 Å². The van der Waals surface area contributed by atoms with Crippen LogP contribution in [-0.2, 0) is 4.74 Å². The number of halogens is 3. The highest BCUT2D eigenvalue weighted by atomic mass is 19.4. The van der Waals surface area contributed by atoms with Gasteiger partial charge in [-0.05, 0) is 26.8 Å². The highest BCUT2D eigenvalue weighted by molar-refractivity contribution is 5.86. The molecule has 1 aromatic carbocycles. The first-order valence-electron chi connectivity index (χ1n) is 6.44. The van der Waals surface area contributed by atoms with Crippen molar-refractivity contribution >= 4 is 11.8 Å². The third-order valence-electron chi connectivity index (χ3n) is 2.58. The Balaban J connectivity index is 3.12. The van der Waals surface area contributed by atoms with Gasteiger partial charge < -0.3 is 15.2 Å². The van der Waals surface area contributed by atoms with Crippen LogP contribution in [0.4, 0.5) is 23.7 Å². The minimum absolute atomic E-state index is 0.113. The van der Waals surface area contributed by atoms with Crippen molar-refractivity contribution in [1.29, 1.82) is 0 Å². The molecule has 22 heavy (non-hydrogen) atoms. The van der Waals surface area contributed by atoms with E-state index in [0.29, 0.717) is 0 Å². The average Bonchev–Trinajstić information content (AvgIpc) is 2.34. The molecule has 1 rings (SSSR count). The Hall–Kier alpha value is -1.96. The number of methoxy groups -OCH3 is 1. The van der Waals surface area contributed by atoms with Crippen molar-refractivity contribution in [3.8, 4) is 5.75 Å². The van der Waals surface area contributed by atoms with Crippen LogP contribution in [0.1, 0.15) is 32.4 Å². The van der Waals surface area contributed by atoms with Crippen molar-refractivity contribution in [3.05, 3.63) is 23.8 Å². The zero-order chi connectivity index (χ0) is 17.1. The van der Waals surface area contributed by atoms with E-state index < -0.39 is 23.9 Å². The summed E-state index contributed by atoms with van der Waals surface area (Å²) < 4.78 is 48.4. The van der Waals surface area contributed by atoms with Crippen LogP contribution in [0.5, 0.6) is 5.75 Å². The quantitative estimate of drug-likeness (QED) is 0.892. The van der Waals surface area contributed by atoms with Gasteiger partial charge in [-0.2, -0.15) is 13.2 Å². The standard InChI is InChI=1S/C14H19F3N2O3/c1-13(2,3)22-12(20)19-10-7-8(21-4)5-6-9(10)11(18)14(15,16)17/h5-7,11H,18H2,1-4H3,(H,19,20). The summed E-state index contributed by atoms with van der Waals surface area (Å²) in [5.41, 5.74) is 4.04. The first-order valence-corrected chi connectivity index (χ1v) is 6.44. The van der Waals surface area contributed by atoms with E-state index in [1.165, 1.54) is 19.2 Å². The monoisotopic (exact) mass is 320 g/mol. The molecule has 0 aliphatic carbocycles.